The second-order valence-electron chi connectivity index (χ2n) is 4.75. The summed E-state index contributed by atoms with van der Waals surface area (Å²) >= 11 is 1.39. The van der Waals surface area contributed by atoms with E-state index in [1.807, 2.05) is 0 Å². The lowest BCUT2D eigenvalue weighted by molar-refractivity contribution is -0.0169. The van der Waals surface area contributed by atoms with Crippen LogP contribution in [0.1, 0.15) is 28.4 Å². The summed E-state index contributed by atoms with van der Waals surface area (Å²) in [6, 6.07) is 3.51. The summed E-state index contributed by atoms with van der Waals surface area (Å²) in [5, 5.41) is 7.09. The molecule has 1 aliphatic rings. The van der Waals surface area contributed by atoms with Crippen molar-refractivity contribution < 1.29 is 19.0 Å². The van der Waals surface area contributed by atoms with Crippen LogP contribution in [0.4, 0.5) is 5.95 Å². The number of nitrogens with two attached hydrogens (primary N) is 1. The molecule has 0 aliphatic carbocycles. The van der Waals surface area contributed by atoms with Gasteiger partial charge in [-0.25, -0.2) is 9.89 Å². The maximum atomic E-state index is 12.0. The van der Waals surface area contributed by atoms with Crippen LogP contribution in [0.3, 0.4) is 0 Å². The molecule has 3 N–H and O–H groups in total. The molecule has 0 amide bonds. The number of benzene rings is 1. The number of nitrogen functional groups attached to an aromatic ring is 1. The molecule has 0 saturated heterocycles. The molecule has 0 saturated carbocycles. The van der Waals surface area contributed by atoms with Gasteiger partial charge in [0.05, 0.1) is 18.8 Å². The van der Waals surface area contributed by atoms with Crippen LogP contribution in [0, 0.1) is 0 Å². The standard InChI is InChI=1S/C14H16N4O4S/c1-2-21-12(19)8-3-9-5-20-7-22-11(9)10(4-8)6-23-14-16-13(15)17-18-14/h3-4H,2,5-7H2,1H3,(H3,15,16,17,18). The molecule has 122 valence electrons. The van der Waals surface area contributed by atoms with Gasteiger partial charge in [0.15, 0.2) is 6.79 Å². The van der Waals surface area contributed by atoms with E-state index in [1.165, 1.54) is 11.8 Å². The molecular formula is C14H16N4O4S. The molecule has 1 aliphatic heterocycles. The average Bonchev–Trinajstić information content (AvgIpc) is 2.98. The Balaban J connectivity index is 1.86. The third kappa shape index (κ3) is 3.57. The summed E-state index contributed by atoms with van der Waals surface area (Å²) in [4.78, 5) is 16.0. The maximum absolute atomic E-state index is 12.0. The van der Waals surface area contributed by atoms with E-state index in [1.54, 1.807) is 19.1 Å². The van der Waals surface area contributed by atoms with Crippen molar-refractivity contribution in [1.82, 2.24) is 15.2 Å². The summed E-state index contributed by atoms with van der Waals surface area (Å²) in [5.74, 6) is 1.17. The number of esters is 1. The number of nitrogens with one attached hydrogen (secondary N) is 1. The van der Waals surface area contributed by atoms with Crippen molar-refractivity contribution in [2.45, 2.75) is 24.4 Å². The number of aromatic nitrogens is 3. The fourth-order valence-electron chi connectivity index (χ4n) is 2.20. The molecule has 0 radical (unpaired) electrons. The van der Waals surface area contributed by atoms with Crippen molar-refractivity contribution in [2.24, 2.45) is 0 Å². The van der Waals surface area contributed by atoms with Gasteiger partial charge < -0.3 is 19.9 Å². The van der Waals surface area contributed by atoms with Gasteiger partial charge in [-0.15, -0.1) is 5.10 Å². The van der Waals surface area contributed by atoms with Gasteiger partial charge in [0.2, 0.25) is 11.1 Å². The Labute approximate surface area is 136 Å². The van der Waals surface area contributed by atoms with Gasteiger partial charge in [-0.2, -0.15) is 4.98 Å². The number of carbonyl (C=O) groups is 1. The molecule has 2 aromatic rings. The van der Waals surface area contributed by atoms with Crippen LogP contribution in [0.25, 0.3) is 0 Å². The summed E-state index contributed by atoms with van der Waals surface area (Å²) in [7, 11) is 0. The summed E-state index contributed by atoms with van der Waals surface area (Å²) in [6.45, 7) is 2.68. The van der Waals surface area contributed by atoms with Crippen molar-refractivity contribution >= 4 is 23.7 Å². The fraction of sp³-hybridized carbons (Fsp3) is 0.357. The molecule has 0 bridgehead atoms. The fourth-order valence-corrected chi connectivity index (χ4v) is 2.98. The first-order valence-electron chi connectivity index (χ1n) is 7.01. The predicted molar refractivity (Wildman–Crippen MR) is 83.0 cm³/mol. The van der Waals surface area contributed by atoms with E-state index in [4.69, 9.17) is 19.9 Å². The van der Waals surface area contributed by atoms with Crippen molar-refractivity contribution in [3.63, 3.8) is 0 Å². The zero-order chi connectivity index (χ0) is 16.2. The number of carbonyl (C=O) groups excluding carboxylic acids is 1. The van der Waals surface area contributed by atoms with E-state index in [-0.39, 0.29) is 18.7 Å². The van der Waals surface area contributed by atoms with Gasteiger partial charge in [0.25, 0.3) is 0 Å². The van der Waals surface area contributed by atoms with Gasteiger partial charge in [0, 0.05) is 16.9 Å². The number of anilines is 1. The van der Waals surface area contributed by atoms with Crippen LogP contribution in [-0.2, 0) is 21.8 Å². The Morgan fingerprint density at radius 3 is 3.13 bits per heavy atom. The summed E-state index contributed by atoms with van der Waals surface area (Å²) in [5.41, 5.74) is 7.68. The minimum atomic E-state index is -0.366. The lowest BCUT2D eigenvalue weighted by Gasteiger charge is -2.21. The lowest BCUT2D eigenvalue weighted by atomic mass is 10.0. The van der Waals surface area contributed by atoms with Crippen molar-refractivity contribution in [1.29, 1.82) is 0 Å². The first-order chi connectivity index (χ1) is 11.2. The molecule has 3 rings (SSSR count). The van der Waals surface area contributed by atoms with Crippen LogP contribution in [0.15, 0.2) is 17.3 Å². The highest BCUT2D eigenvalue weighted by Gasteiger charge is 2.20. The number of hydrogen-bond donors (Lipinski definition) is 2. The zero-order valence-corrected chi connectivity index (χ0v) is 13.3. The lowest BCUT2D eigenvalue weighted by Crippen LogP contribution is -2.15. The number of nitrogens with zero attached hydrogens (tertiary/aromatic N) is 2. The van der Waals surface area contributed by atoms with E-state index >= 15 is 0 Å². The molecule has 2 heterocycles. The molecule has 23 heavy (non-hydrogen) atoms. The molecule has 0 fully saturated rings. The Kier molecular flexibility index (Phi) is 4.68. The number of fused-ring (bicyclic) bond motifs is 1. The number of ether oxygens (including phenoxy) is 3. The number of rotatable bonds is 5. The third-order valence-corrected chi connectivity index (χ3v) is 4.03. The average molecular weight is 336 g/mol. The van der Waals surface area contributed by atoms with E-state index in [2.05, 4.69) is 15.2 Å². The molecule has 8 nitrogen and oxygen atoms in total. The van der Waals surface area contributed by atoms with Crippen molar-refractivity contribution in [3.05, 3.63) is 28.8 Å². The van der Waals surface area contributed by atoms with E-state index in [0.29, 0.717) is 29.7 Å². The maximum Gasteiger partial charge on any atom is 0.338 e. The second-order valence-corrected chi connectivity index (χ2v) is 5.69. The smallest absolute Gasteiger partial charge is 0.338 e. The van der Waals surface area contributed by atoms with Crippen molar-refractivity contribution in [2.75, 3.05) is 19.1 Å². The van der Waals surface area contributed by atoms with Crippen LogP contribution in [-0.4, -0.2) is 34.6 Å². The molecule has 1 aromatic heterocycles. The minimum Gasteiger partial charge on any atom is -0.467 e. The SMILES string of the molecule is CCOC(=O)c1cc2c(c(CSc3n[nH]c(N)n3)c1)OCOC2. The normalized spacial score (nSPS) is 13.3. The van der Waals surface area contributed by atoms with Crippen LogP contribution < -0.4 is 10.5 Å². The first-order valence-corrected chi connectivity index (χ1v) is 8.00. The zero-order valence-electron chi connectivity index (χ0n) is 12.5. The molecule has 0 unspecified atom stereocenters. The predicted octanol–water partition coefficient (Wildman–Crippen LogP) is 1.72. The first kappa shape index (κ1) is 15.6. The van der Waals surface area contributed by atoms with Gasteiger partial charge in [-0.1, -0.05) is 11.8 Å². The van der Waals surface area contributed by atoms with Gasteiger partial charge in [-0.3, -0.25) is 0 Å². The van der Waals surface area contributed by atoms with Gasteiger partial charge in [-0.05, 0) is 19.1 Å². The molecule has 0 spiro atoms. The van der Waals surface area contributed by atoms with Crippen LogP contribution >= 0.6 is 11.8 Å². The number of hydrogen-bond acceptors (Lipinski definition) is 8. The Hall–Kier alpha value is -2.26. The molecular weight excluding hydrogens is 320 g/mol. The molecule has 1 aromatic carbocycles. The third-order valence-electron chi connectivity index (χ3n) is 3.14. The molecule has 9 heteroatoms. The Morgan fingerprint density at radius 1 is 1.52 bits per heavy atom. The quantitative estimate of drug-likeness (QED) is 0.627. The molecule has 0 atom stereocenters. The second kappa shape index (κ2) is 6.88. The highest BCUT2D eigenvalue weighted by atomic mass is 32.2. The van der Waals surface area contributed by atoms with Gasteiger partial charge >= 0.3 is 5.97 Å². The summed E-state index contributed by atoms with van der Waals surface area (Å²) < 4.78 is 15.9. The minimum absolute atomic E-state index is 0.191. The number of H-pyrrole nitrogens is 1. The Bertz CT molecular complexity index is 719. The number of thioether (sulfide) groups is 1. The van der Waals surface area contributed by atoms with Crippen LogP contribution in [0.2, 0.25) is 0 Å². The Morgan fingerprint density at radius 2 is 2.39 bits per heavy atom. The highest BCUT2D eigenvalue weighted by Crippen LogP contribution is 2.33. The van der Waals surface area contributed by atoms with E-state index < -0.39 is 0 Å². The number of aromatic amines is 1. The highest BCUT2D eigenvalue weighted by molar-refractivity contribution is 7.98. The largest absolute Gasteiger partial charge is 0.467 e. The summed E-state index contributed by atoms with van der Waals surface area (Å²) in [6.07, 6.45) is 0. The van der Waals surface area contributed by atoms with Crippen molar-refractivity contribution in [3.8, 4) is 5.75 Å². The van der Waals surface area contributed by atoms with Crippen LogP contribution in [0.5, 0.6) is 5.75 Å². The van der Waals surface area contributed by atoms with E-state index in [9.17, 15) is 4.79 Å². The monoisotopic (exact) mass is 336 g/mol. The topological polar surface area (TPSA) is 112 Å². The van der Waals surface area contributed by atoms with E-state index in [0.717, 1.165) is 16.9 Å². The van der Waals surface area contributed by atoms with Gasteiger partial charge in [0.1, 0.15) is 5.75 Å².